The van der Waals surface area contributed by atoms with Gasteiger partial charge in [-0.3, -0.25) is 14.4 Å². The minimum absolute atomic E-state index is 0.0974. The van der Waals surface area contributed by atoms with E-state index >= 15 is 0 Å². The van der Waals surface area contributed by atoms with Crippen molar-refractivity contribution in [2.45, 2.75) is 348 Å². The van der Waals surface area contributed by atoms with Crippen LogP contribution in [0, 0.1) is 0 Å². The average Bonchev–Trinajstić information content (AvgIpc) is 3.47. The summed E-state index contributed by atoms with van der Waals surface area (Å²) in [5, 5.41) is 0. The summed E-state index contributed by atoms with van der Waals surface area (Å²) in [5.41, 5.74) is 0. The first-order valence-corrected chi connectivity index (χ1v) is 34.7. The van der Waals surface area contributed by atoms with E-state index in [2.05, 4.69) is 118 Å². The molecule has 0 aliphatic carbocycles. The van der Waals surface area contributed by atoms with E-state index in [1.807, 2.05) is 0 Å². The van der Waals surface area contributed by atoms with Gasteiger partial charge in [-0.15, -0.1) is 0 Å². The Hall–Kier alpha value is -3.67. The van der Waals surface area contributed by atoms with Gasteiger partial charge in [-0.25, -0.2) is 0 Å². The molecule has 0 aliphatic heterocycles. The number of carbonyl (C=O) groups is 3. The van der Waals surface area contributed by atoms with Crippen LogP contribution < -0.4 is 0 Å². The number of hydrogen-bond acceptors (Lipinski definition) is 6. The largest absolute Gasteiger partial charge is 0.462 e. The lowest BCUT2D eigenvalue weighted by Crippen LogP contribution is -2.30. The molecular weight excluding hydrogens is 997 g/mol. The summed E-state index contributed by atoms with van der Waals surface area (Å²) in [6.07, 6.45) is 93.2. The molecule has 0 aliphatic rings. The molecule has 0 saturated carbocycles. The number of rotatable bonds is 63. The second kappa shape index (κ2) is 68.8. The van der Waals surface area contributed by atoms with Crippen molar-refractivity contribution in [3.05, 3.63) is 97.2 Å². The number of esters is 3. The van der Waals surface area contributed by atoms with Crippen molar-refractivity contribution in [1.82, 2.24) is 0 Å². The van der Waals surface area contributed by atoms with Crippen molar-refractivity contribution in [3.63, 3.8) is 0 Å². The predicted molar refractivity (Wildman–Crippen MR) is 353 cm³/mol. The molecule has 0 aromatic carbocycles. The minimum Gasteiger partial charge on any atom is -0.462 e. The number of ether oxygens (including phenoxy) is 3. The second-order valence-corrected chi connectivity index (χ2v) is 23.1. The molecule has 1 unspecified atom stereocenters. The molecule has 0 N–H and O–H groups in total. The highest BCUT2D eigenvalue weighted by Gasteiger charge is 2.19. The van der Waals surface area contributed by atoms with E-state index in [0.29, 0.717) is 19.3 Å². The molecule has 1 atom stereocenters. The molecule has 0 heterocycles. The fourth-order valence-corrected chi connectivity index (χ4v) is 9.90. The van der Waals surface area contributed by atoms with Gasteiger partial charge in [0, 0.05) is 19.3 Å². The average molecular weight is 1130 g/mol. The van der Waals surface area contributed by atoms with E-state index < -0.39 is 6.10 Å². The van der Waals surface area contributed by atoms with Crippen LogP contribution in [0.3, 0.4) is 0 Å². The first-order chi connectivity index (χ1) is 40.0. The molecule has 0 aromatic rings. The van der Waals surface area contributed by atoms with Gasteiger partial charge in [0.15, 0.2) is 6.10 Å². The molecule has 6 nitrogen and oxygen atoms in total. The smallest absolute Gasteiger partial charge is 0.306 e. The lowest BCUT2D eigenvalue weighted by Gasteiger charge is -2.18. The summed E-state index contributed by atoms with van der Waals surface area (Å²) in [5.74, 6) is -0.948. The second-order valence-electron chi connectivity index (χ2n) is 23.1. The Bertz CT molecular complexity index is 1580. The van der Waals surface area contributed by atoms with Crippen molar-refractivity contribution >= 4 is 17.9 Å². The van der Waals surface area contributed by atoms with Crippen molar-refractivity contribution in [2.24, 2.45) is 0 Å². The highest BCUT2D eigenvalue weighted by atomic mass is 16.6. The molecule has 0 fully saturated rings. The zero-order chi connectivity index (χ0) is 58.5. The zero-order valence-electron chi connectivity index (χ0n) is 53.5. The molecular formula is C75H130O6. The molecule has 0 spiro atoms. The third kappa shape index (κ3) is 67.0. The molecule has 0 rings (SSSR count). The third-order valence-electron chi connectivity index (χ3n) is 15.1. The van der Waals surface area contributed by atoms with E-state index in [4.69, 9.17) is 14.2 Å². The lowest BCUT2D eigenvalue weighted by molar-refractivity contribution is -0.167. The van der Waals surface area contributed by atoms with E-state index in [1.165, 1.54) is 205 Å². The molecule has 466 valence electrons. The first-order valence-electron chi connectivity index (χ1n) is 34.7. The van der Waals surface area contributed by atoms with Gasteiger partial charge >= 0.3 is 17.9 Å². The summed E-state index contributed by atoms with van der Waals surface area (Å²) >= 11 is 0. The minimum atomic E-state index is -0.807. The van der Waals surface area contributed by atoms with E-state index in [0.717, 1.165) is 89.9 Å². The van der Waals surface area contributed by atoms with Crippen LogP contribution in [0.5, 0.6) is 0 Å². The Morgan fingerprint density at radius 1 is 0.259 bits per heavy atom. The van der Waals surface area contributed by atoms with Crippen molar-refractivity contribution < 1.29 is 28.6 Å². The van der Waals surface area contributed by atoms with Gasteiger partial charge in [0.2, 0.25) is 0 Å². The molecule has 6 heteroatoms. The van der Waals surface area contributed by atoms with Crippen LogP contribution >= 0.6 is 0 Å². The molecule has 0 bridgehead atoms. The van der Waals surface area contributed by atoms with Crippen LogP contribution in [-0.2, 0) is 28.6 Å². The number of hydrogen-bond donors (Lipinski definition) is 0. The maximum Gasteiger partial charge on any atom is 0.306 e. The molecule has 0 radical (unpaired) electrons. The van der Waals surface area contributed by atoms with Crippen molar-refractivity contribution in [2.75, 3.05) is 13.2 Å². The van der Waals surface area contributed by atoms with E-state index in [-0.39, 0.29) is 37.5 Å². The van der Waals surface area contributed by atoms with E-state index in [9.17, 15) is 14.4 Å². The van der Waals surface area contributed by atoms with Crippen molar-refractivity contribution in [1.29, 1.82) is 0 Å². The molecule has 0 saturated heterocycles. The molecule has 81 heavy (non-hydrogen) atoms. The molecule has 0 aromatic heterocycles. The van der Waals surface area contributed by atoms with Gasteiger partial charge in [-0.1, -0.05) is 323 Å². The van der Waals surface area contributed by atoms with Gasteiger partial charge in [0.05, 0.1) is 0 Å². The number of carbonyl (C=O) groups excluding carboxylic acids is 3. The Morgan fingerprint density at radius 3 is 0.802 bits per heavy atom. The maximum absolute atomic E-state index is 12.9. The Balaban J connectivity index is 4.19. The van der Waals surface area contributed by atoms with Crippen LogP contribution in [0.1, 0.15) is 342 Å². The van der Waals surface area contributed by atoms with Gasteiger partial charge < -0.3 is 14.2 Å². The van der Waals surface area contributed by atoms with Gasteiger partial charge in [0.25, 0.3) is 0 Å². The zero-order valence-corrected chi connectivity index (χ0v) is 53.5. The Labute approximate surface area is 502 Å². The topological polar surface area (TPSA) is 78.9 Å². The number of allylic oxidation sites excluding steroid dienone is 16. The fraction of sp³-hybridized carbons (Fsp3) is 0.747. The quantitative estimate of drug-likeness (QED) is 0.0261. The predicted octanol–water partition coefficient (Wildman–Crippen LogP) is 24.0. The van der Waals surface area contributed by atoms with E-state index in [1.54, 1.807) is 0 Å². The fourth-order valence-electron chi connectivity index (χ4n) is 9.90. The first kappa shape index (κ1) is 77.3. The van der Waals surface area contributed by atoms with Gasteiger partial charge in [0.1, 0.15) is 13.2 Å². The van der Waals surface area contributed by atoms with Gasteiger partial charge in [-0.05, 0) is 96.3 Å². The summed E-state index contributed by atoms with van der Waals surface area (Å²) in [6, 6.07) is 0. The Kier molecular flexibility index (Phi) is 65.7. The highest BCUT2D eigenvalue weighted by molar-refractivity contribution is 5.71. The van der Waals surface area contributed by atoms with Crippen LogP contribution in [0.4, 0.5) is 0 Å². The maximum atomic E-state index is 12.9. The Morgan fingerprint density at radius 2 is 0.494 bits per heavy atom. The van der Waals surface area contributed by atoms with Crippen LogP contribution in [0.15, 0.2) is 97.2 Å². The monoisotopic (exact) mass is 1130 g/mol. The van der Waals surface area contributed by atoms with Crippen LogP contribution in [0.25, 0.3) is 0 Å². The van der Waals surface area contributed by atoms with Crippen LogP contribution in [0.2, 0.25) is 0 Å². The normalized spacial score (nSPS) is 12.7. The third-order valence-corrected chi connectivity index (χ3v) is 15.1. The summed E-state index contributed by atoms with van der Waals surface area (Å²) < 4.78 is 16.9. The summed E-state index contributed by atoms with van der Waals surface area (Å²) in [6.45, 7) is 6.49. The lowest BCUT2D eigenvalue weighted by atomic mass is 10.0. The summed E-state index contributed by atoms with van der Waals surface area (Å²) in [4.78, 5) is 38.2. The van der Waals surface area contributed by atoms with Gasteiger partial charge in [-0.2, -0.15) is 0 Å². The van der Waals surface area contributed by atoms with Crippen LogP contribution in [-0.4, -0.2) is 37.2 Å². The SMILES string of the molecule is CC/C=C\C/C=C\C/C=C\C/C=C\C/C=C\C/C=C\C/C=C\CCCC(=O)OC(COC(=O)CCCCCCCCCCC)COC(=O)CCCCCCCCCCCCCCCCCCCCC/C=C\CCCCCCCCCC. The molecule has 0 amide bonds. The highest BCUT2D eigenvalue weighted by Crippen LogP contribution is 2.17. The van der Waals surface area contributed by atoms with Crippen molar-refractivity contribution in [3.8, 4) is 0 Å². The standard InChI is InChI=1S/C75H130O6/c1-4-7-10-13-16-19-21-23-25-27-29-31-33-34-35-36-37-38-39-40-42-43-45-47-49-51-53-56-59-62-65-68-74(77)80-71-72(70-79-73(76)67-64-61-58-55-18-15-12-9-6-3)81-75(78)69-66-63-60-57-54-52-50-48-46-44-41-32-30-28-26-24-22-20-17-14-11-8-5-2/h8,11,17,20,24,26-27,29-30,32,44,46,50,52,57,60,72H,4-7,9-10,12-16,18-19,21-23,25,28,31,33-43,45,47-49,51,53-56,58-59,61-71H2,1-3H3/b11-8-,20-17-,26-24-,29-27-,32-30-,46-44-,52-50-,60-57-. The summed E-state index contributed by atoms with van der Waals surface area (Å²) in [7, 11) is 0. The number of unbranched alkanes of at least 4 members (excludes halogenated alkanes) is 36.